The van der Waals surface area contributed by atoms with Crippen LogP contribution >= 0.6 is 0 Å². The van der Waals surface area contributed by atoms with Crippen molar-refractivity contribution < 1.29 is 22.7 Å². The highest BCUT2D eigenvalue weighted by Gasteiger charge is 2.31. The number of carbonyl (C=O) groups is 1. The number of aromatic nitrogens is 3. The average molecular weight is 391 g/mol. The number of ether oxygens (including phenoxy) is 1. The van der Waals surface area contributed by atoms with Gasteiger partial charge in [0, 0.05) is 42.8 Å². The maximum absolute atomic E-state index is 12.4. The first-order valence-electron chi connectivity index (χ1n) is 8.20. The Morgan fingerprint density at radius 3 is 2.46 bits per heavy atom. The molecule has 0 aliphatic carbocycles. The summed E-state index contributed by atoms with van der Waals surface area (Å²) in [7, 11) is 0. The van der Waals surface area contributed by atoms with Gasteiger partial charge in [0.25, 0.3) is 0 Å². The summed E-state index contributed by atoms with van der Waals surface area (Å²) in [6, 6.07) is 8.61. The fourth-order valence-electron chi connectivity index (χ4n) is 2.47. The van der Waals surface area contributed by atoms with E-state index in [1.807, 2.05) is 0 Å². The molecule has 7 nitrogen and oxygen atoms in total. The van der Waals surface area contributed by atoms with Gasteiger partial charge in [-0.3, -0.25) is 4.57 Å². The molecular weight excluding hydrogens is 375 g/mol. The zero-order valence-electron chi connectivity index (χ0n) is 14.5. The summed E-state index contributed by atoms with van der Waals surface area (Å²) >= 11 is 0. The summed E-state index contributed by atoms with van der Waals surface area (Å²) in [5.74, 6) is 0.258. The topological polar surface area (TPSA) is 81.1 Å². The van der Waals surface area contributed by atoms with E-state index in [0.717, 1.165) is 5.56 Å². The van der Waals surface area contributed by atoms with Gasteiger partial charge in [0.05, 0.1) is 0 Å². The second-order valence-corrected chi connectivity index (χ2v) is 5.65. The van der Waals surface area contributed by atoms with Crippen LogP contribution in [0, 0.1) is 0 Å². The summed E-state index contributed by atoms with van der Waals surface area (Å²) in [4.78, 5) is 20.3. The number of pyridine rings is 1. The SMILES string of the molecule is O=C(NCc1ccccc1OC(F)(F)F)NCc1cccnc1-n1ccnc1. The third kappa shape index (κ3) is 5.22. The number of hydrogen-bond acceptors (Lipinski definition) is 4. The molecule has 2 aromatic heterocycles. The Bertz CT molecular complexity index is 929. The molecule has 2 amide bonds. The van der Waals surface area contributed by atoms with Gasteiger partial charge in [-0.15, -0.1) is 13.2 Å². The van der Waals surface area contributed by atoms with Crippen LogP contribution in [0.4, 0.5) is 18.0 Å². The van der Waals surface area contributed by atoms with Crippen LogP contribution in [-0.4, -0.2) is 26.9 Å². The van der Waals surface area contributed by atoms with Gasteiger partial charge < -0.3 is 15.4 Å². The van der Waals surface area contributed by atoms with Gasteiger partial charge in [0.2, 0.25) is 0 Å². The number of para-hydroxylation sites is 1. The molecule has 0 saturated heterocycles. The summed E-state index contributed by atoms with van der Waals surface area (Å²) in [5.41, 5.74) is 0.951. The predicted molar refractivity (Wildman–Crippen MR) is 93.6 cm³/mol. The first-order valence-corrected chi connectivity index (χ1v) is 8.20. The van der Waals surface area contributed by atoms with Gasteiger partial charge in [-0.05, 0) is 12.1 Å². The molecule has 28 heavy (non-hydrogen) atoms. The van der Waals surface area contributed by atoms with Crippen molar-refractivity contribution in [1.29, 1.82) is 0 Å². The number of alkyl halides is 3. The number of carbonyl (C=O) groups excluding carboxylic acids is 1. The van der Waals surface area contributed by atoms with Crippen LogP contribution < -0.4 is 15.4 Å². The minimum absolute atomic E-state index is 0.125. The van der Waals surface area contributed by atoms with E-state index in [9.17, 15) is 18.0 Å². The molecule has 0 saturated carbocycles. The number of rotatable bonds is 6. The molecule has 0 fully saturated rings. The minimum atomic E-state index is -4.80. The van der Waals surface area contributed by atoms with E-state index in [1.165, 1.54) is 18.2 Å². The third-order valence-corrected chi connectivity index (χ3v) is 3.69. The summed E-state index contributed by atoms with van der Waals surface area (Å²) in [5, 5.41) is 5.17. The van der Waals surface area contributed by atoms with Crippen LogP contribution in [0.1, 0.15) is 11.1 Å². The van der Waals surface area contributed by atoms with Gasteiger partial charge in [0.1, 0.15) is 17.9 Å². The largest absolute Gasteiger partial charge is 0.573 e. The van der Waals surface area contributed by atoms with Crippen molar-refractivity contribution in [3.63, 3.8) is 0 Å². The third-order valence-electron chi connectivity index (χ3n) is 3.69. The zero-order valence-corrected chi connectivity index (χ0v) is 14.5. The van der Waals surface area contributed by atoms with Gasteiger partial charge in [-0.2, -0.15) is 0 Å². The van der Waals surface area contributed by atoms with Gasteiger partial charge in [0.15, 0.2) is 0 Å². The first-order chi connectivity index (χ1) is 13.4. The monoisotopic (exact) mass is 391 g/mol. The minimum Gasteiger partial charge on any atom is -0.405 e. The van der Waals surface area contributed by atoms with Crippen LogP contribution in [0.3, 0.4) is 0 Å². The van der Waals surface area contributed by atoms with Crippen molar-refractivity contribution >= 4 is 6.03 Å². The lowest BCUT2D eigenvalue weighted by Crippen LogP contribution is -2.35. The highest BCUT2D eigenvalue weighted by Crippen LogP contribution is 2.26. The van der Waals surface area contributed by atoms with E-state index < -0.39 is 12.4 Å². The van der Waals surface area contributed by atoms with Gasteiger partial charge in [-0.1, -0.05) is 24.3 Å². The Morgan fingerprint density at radius 1 is 1.04 bits per heavy atom. The van der Waals surface area contributed by atoms with Crippen LogP contribution in [0.25, 0.3) is 5.82 Å². The van der Waals surface area contributed by atoms with Gasteiger partial charge in [-0.25, -0.2) is 14.8 Å². The van der Waals surface area contributed by atoms with Crippen molar-refractivity contribution in [2.45, 2.75) is 19.5 Å². The molecule has 0 spiro atoms. The number of nitrogens with one attached hydrogen (secondary N) is 2. The second-order valence-electron chi connectivity index (χ2n) is 5.65. The molecule has 146 valence electrons. The van der Waals surface area contributed by atoms with E-state index in [-0.39, 0.29) is 24.4 Å². The number of imidazole rings is 1. The fourth-order valence-corrected chi connectivity index (χ4v) is 2.47. The van der Waals surface area contributed by atoms with E-state index in [0.29, 0.717) is 5.82 Å². The molecular formula is C18H16F3N5O2. The van der Waals surface area contributed by atoms with E-state index in [4.69, 9.17) is 0 Å². The van der Waals surface area contributed by atoms with Crippen LogP contribution in [0.2, 0.25) is 0 Å². The summed E-state index contributed by atoms with van der Waals surface area (Å²) < 4.78 is 43.0. The number of benzene rings is 1. The Morgan fingerprint density at radius 2 is 1.75 bits per heavy atom. The van der Waals surface area contributed by atoms with E-state index in [2.05, 4.69) is 25.3 Å². The van der Waals surface area contributed by atoms with Crippen LogP contribution in [0.5, 0.6) is 5.75 Å². The number of amides is 2. The summed E-state index contributed by atoms with van der Waals surface area (Å²) in [6.07, 6.45) is 1.74. The Labute approximate surface area is 158 Å². The lowest BCUT2D eigenvalue weighted by atomic mass is 10.2. The molecule has 0 aliphatic rings. The van der Waals surface area contributed by atoms with Crippen molar-refractivity contribution in [2.24, 2.45) is 0 Å². The second kappa shape index (κ2) is 8.42. The molecule has 0 aliphatic heterocycles. The number of halogens is 3. The summed E-state index contributed by atoms with van der Waals surface area (Å²) in [6.45, 7) is 0.0490. The van der Waals surface area contributed by atoms with E-state index >= 15 is 0 Å². The molecule has 2 heterocycles. The van der Waals surface area contributed by atoms with Crippen molar-refractivity contribution in [1.82, 2.24) is 25.2 Å². The van der Waals surface area contributed by atoms with Crippen LogP contribution in [-0.2, 0) is 13.1 Å². The highest BCUT2D eigenvalue weighted by molar-refractivity contribution is 5.74. The highest BCUT2D eigenvalue weighted by atomic mass is 19.4. The lowest BCUT2D eigenvalue weighted by molar-refractivity contribution is -0.274. The van der Waals surface area contributed by atoms with E-state index in [1.54, 1.807) is 47.7 Å². The maximum atomic E-state index is 12.4. The van der Waals surface area contributed by atoms with Crippen molar-refractivity contribution in [3.8, 4) is 11.6 Å². The van der Waals surface area contributed by atoms with Gasteiger partial charge >= 0.3 is 12.4 Å². The molecule has 1 aromatic carbocycles. The molecule has 0 radical (unpaired) electrons. The molecule has 3 rings (SSSR count). The maximum Gasteiger partial charge on any atom is 0.573 e. The van der Waals surface area contributed by atoms with Crippen LogP contribution in [0.15, 0.2) is 61.3 Å². The molecule has 2 N–H and O–H groups in total. The Balaban J connectivity index is 1.58. The molecule has 10 heteroatoms. The quantitative estimate of drug-likeness (QED) is 0.676. The molecule has 3 aromatic rings. The zero-order chi connectivity index (χ0) is 20.0. The number of nitrogens with zero attached hydrogens (tertiary/aromatic N) is 3. The molecule has 0 atom stereocenters. The number of urea groups is 1. The smallest absolute Gasteiger partial charge is 0.405 e. The average Bonchev–Trinajstić information content (AvgIpc) is 3.19. The fraction of sp³-hybridized carbons (Fsp3) is 0.167. The van der Waals surface area contributed by atoms with Crippen molar-refractivity contribution in [3.05, 3.63) is 72.4 Å². The first kappa shape index (κ1) is 19.2. The number of hydrogen-bond donors (Lipinski definition) is 2. The standard InChI is InChI=1S/C18H16F3N5O2/c19-18(20,21)28-15-6-2-1-4-13(15)10-24-17(27)25-11-14-5-3-7-23-16(14)26-9-8-22-12-26/h1-9,12H,10-11H2,(H2,24,25,27). The molecule has 0 unspecified atom stereocenters. The predicted octanol–water partition coefficient (Wildman–Crippen LogP) is 3.17. The molecule has 0 bridgehead atoms. The Kier molecular flexibility index (Phi) is 5.78. The van der Waals surface area contributed by atoms with Crippen molar-refractivity contribution in [2.75, 3.05) is 0 Å². The Hall–Kier alpha value is -3.56. The lowest BCUT2D eigenvalue weighted by Gasteiger charge is -2.14. The normalized spacial score (nSPS) is 11.1.